The first-order valence-corrected chi connectivity index (χ1v) is 11.9. The summed E-state index contributed by atoms with van der Waals surface area (Å²) in [6, 6.07) is 7.27. The van der Waals surface area contributed by atoms with Crippen LogP contribution in [0, 0.1) is 0 Å². The van der Waals surface area contributed by atoms with Crippen LogP contribution in [0.4, 0.5) is 11.8 Å². The SMILES string of the molecule is CCc1cccc(NS(=O)(=O)N2CCCC(c3ccnc(N4CCOCC4)n3)C2)n1. The highest BCUT2D eigenvalue weighted by Gasteiger charge is 2.31. The van der Waals surface area contributed by atoms with Gasteiger partial charge in [-0.15, -0.1) is 0 Å². The van der Waals surface area contributed by atoms with E-state index < -0.39 is 10.2 Å². The Labute approximate surface area is 177 Å². The van der Waals surface area contributed by atoms with Gasteiger partial charge in [0.25, 0.3) is 0 Å². The van der Waals surface area contributed by atoms with Crippen LogP contribution in [0.15, 0.2) is 30.5 Å². The van der Waals surface area contributed by atoms with Crippen LogP contribution in [0.1, 0.15) is 37.1 Å². The van der Waals surface area contributed by atoms with E-state index in [1.807, 2.05) is 25.1 Å². The number of ether oxygens (including phenoxy) is 1. The monoisotopic (exact) mass is 432 g/mol. The van der Waals surface area contributed by atoms with Gasteiger partial charge in [-0.3, -0.25) is 4.72 Å². The van der Waals surface area contributed by atoms with Crippen LogP contribution >= 0.6 is 0 Å². The van der Waals surface area contributed by atoms with Crippen molar-refractivity contribution < 1.29 is 13.2 Å². The number of anilines is 2. The van der Waals surface area contributed by atoms with E-state index in [2.05, 4.69) is 19.6 Å². The van der Waals surface area contributed by atoms with E-state index in [-0.39, 0.29) is 5.92 Å². The molecule has 0 amide bonds. The lowest BCUT2D eigenvalue weighted by molar-refractivity contribution is 0.122. The molecular formula is C20H28N6O3S. The normalized spacial score (nSPS) is 20.8. The molecule has 10 heteroatoms. The summed E-state index contributed by atoms with van der Waals surface area (Å²) in [6.07, 6.45) is 4.19. The molecular weight excluding hydrogens is 404 g/mol. The first-order valence-electron chi connectivity index (χ1n) is 10.4. The molecule has 4 heterocycles. The minimum atomic E-state index is -3.68. The molecule has 0 bridgehead atoms. The Morgan fingerprint density at radius 1 is 1.17 bits per heavy atom. The first-order chi connectivity index (χ1) is 14.5. The van der Waals surface area contributed by atoms with Crippen molar-refractivity contribution in [3.05, 3.63) is 41.9 Å². The summed E-state index contributed by atoms with van der Waals surface area (Å²) in [5.74, 6) is 1.08. The summed E-state index contributed by atoms with van der Waals surface area (Å²) in [5, 5.41) is 0. The second kappa shape index (κ2) is 9.23. The van der Waals surface area contributed by atoms with Crippen LogP contribution in [-0.4, -0.2) is 67.1 Å². The van der Waals surface area contributed by atoms with Gasteiger partial charge in [0, 0.05) is 44.0 Å². The van der Waals surface area contributed by atoms with Gasteiger partial charge in [0.1, 0.15) is 5.82 Å². The van der Waals surface area contributed by atoms with E-state index in [1.54, 1.807) is 12.3 Å². The van der Waals surface area contributed by atoms with Crippen LogP contribution in [0.25, 0.3) is 0 Å². The van der Waals surface area contributed by atoms with Crippen LogP contribution in [0.5, 0.6) is 0 Å². The van der Waals surface area contributed by atoms with Gasteiger partial charge >= 0.3 is 10.2 Å². The van der Waals surface area contributed by atoms with Gasteiger partial charge in [-0.05, 0) is 37.5 Å². The minimum absolute atomic E-state index is 0.0352. The Bertz CT molecular complexity index is 965. The van der Waals surface area contributed by atoms with Crippen molar-refractivity contribution in [2.45, 2.75) is 32.1 Å². The average Bonchev–Trinajstić information content (AvgIpc) is 2.80. The lowest BCUT2D eigenvalue weighted by Crippen LogP contribution is -2.42. The highest BCUT2D eigenvalue weighted by Crippen LogP contribution is 2.28. The van der Waals surface area contributed by atoms with E-state index >= 15 is 0 Å². The van der Waals surface area contributed by atoms with Gasteiger partial charge in [-0.2, -0.15) is 12.7 Å². The number of morpholine rings is 1. The fraction of sp³-hybridized carbons (Fsp3) is 0.550. The van der Waals surface area contributed by atoms with Crippen molar-refractivity contribution in [1.29, 1.82) is 0 Å². The molecule has 9 nitrogen and oxygen atoms in total. The summed E-state index contributed by atoms with van der Waals surface area (Å²) in [6.45, 7) is 5.74. The fourth-order valence-corrected chi connectivity index (χ4v) is 5.09. The summed E-state index contributed by atoms with van der Waals surface area (Å²) in [5.41, 5.74) is 1.74. The van der Waals surface area contributed by atoms with Gasteiger partial charge in [0.15, 0.2) is 0 Å². The topological polar surface area (TPSA) is 101 Å². The molecule has 0 aromatic carbocycles. The Balaban J connectivity index is 1.47. The number of aromatic nitrogens is 3. The molecule has 2 fully saturated rings. The predicted molar refractivity (Wildman–Crippen MR) is 115 cm³/mol. The molecule has 30 heavy (non-hydrogen) atoms. The second-order valence-corrected chi connectivity index (χ2v) is 9.22. The van der Waals surface area contributed by atoms with Gasteiger partial charge in [0.05, 0.1) is 18.9 Å². The van der Waals surface area contributed by atoms with Crippen molar-refractivity contribution in [2.75, 3.05) is 49.0 Å². The third-order valence-corrected chi connectivity index (χ3v) is 6.98. The lowest BCUT2D eigenvalue weighted by Gasteiger charge is -2.32. The van der Waals surface area contributed by atoms with E-state index in [1.165, 1.54) is 4.31 Å². The molecule has 2 aromatic heterocycles. The van der Waals surface area contributed by atoms with Crippen LogP contribution in [-0.2, 0) is 21.4 Å². The molecule has 162 valence electrons. The highest BCUT2D eigenvalue weighted by molar-refractivity contribution is 7.90. The Morgan fingerprint density at radius 2 is 2.00 bits per heavy atom. The number of nitrogens with one attached hydrogen (secondary N) is 1. The van der Waals surface area contributed by atoms with Crippen molar-refractivity contribution >= 4 is 22.0 Å². The molecule has 1 unspecified atom stereocenters. The molecule has 0 spiro atoms. The van der Waals surface area contributed by atoms with Crippen LogP contribution in [0.2, 0.25) is 0 Å². The molecule has 2 aliphatic heterocycles. The smallest absolute Gasteiger partial charge is 0.302 e. The minimum Gasteiger partial charge on any atom is -0.378 e. The number of hydrogen-bond acceptors (Lipinski definition) is 7. The number of aryl methyl sites for hydroxylation is 1. The molecule has 0 aliphatic carbocycles. The van der Waals surface area contributed by atoms with Crippen molar-refractivity contribution in [3.8, 4) is 0 Å². The Morgan fingerprint density at radius 3 is 2.80 bits per heavy atom. The van der Waals surface area contributed by atoms with Crippen molar-refractivity contribution in [3.63, 3.8) is 0 Å². The summed E-state index contributed by atoms with van der Waals surface area (Å²) < 4.78 is 35.5. The molecule has 1 N–H and O–H groups in total. The van der Waals surface area contributed by atoms with Gasteiger partial charge in [-0.1, -0.05) is 13.0 Å². The maximum Gasteiger partial charge on any atom is 0.302 e. The Kier molecular flexibility index (Phi) is 6.45. The van der Waals surface area contributed by atoms with Crippen LogP contribution in [0.3, 0.4) is 0 Å². The quantitative estimate of drug-likeness (QED) is 0.743. The standard InChI is InChI=1S/C20H28N6O3S/c1-2-17-6-3-7-19(22-17)24-30(27,28)26-10-4-5-16(15-26)18-8-9-21-20(23-18)25-11-13-29-14-12-25/h3,6-9,16H,2,4-5,10-15H2,1H3,(H,22,24). The second-order valence-electron chi connectivity index (χ2n) is 7.55. The summed E-state index contributed by atoms with van der Waals surface area (Å²) in [7, 11) is -3.68. The zero-order valence-corrected chi connectivity index (χ0v) is 18.0. The van der Waals surface area contributed by atoms with Crippen LogP contribution < -0.4 is 9.62 Å². The molecule has 2 saturated heterocycles. The van der Waals surface area contributed by atoms with Gasteiger partial charge in [-0.25, -0.2) is 15.0 Å². The predicted octanol–water partition coefficient (Wildman–Crippen LogP) is 1.81. The number of hydrogen-bond donors (Lipinski definition) is 1. The third-order valence-electron chi connectivity index (χ3n) is 5.50. The maximum atomic E-state index is 13.0. The molecule has 0 saturated carbocycles. The largest absolute Gasteiger partial charge is 0.378 e. The van der Waals surface area contributed by atoms with E-state index in [0.29, 0.717) is 38.1 Å². The lowest BCUT2D eigenvalue weighted by atomic mass is 9.96. The van der Waals surface area contributed by atoms with E-state index in [9.17, 15) is 8.42 Å². The third kappa shape index (κ3) is 4.88. The molecule has 0 radical (unpaired) electrons. The zero-order chi connectivity index (χ0) is 21.0. The first kappa shape index (κ1) is 21.0. The molecule has 4 rings (SSSR count). The highest BCUT2D eigenvalue weighted by atomic mass is 32.2. The number of pyridine rings is 1. The van der Waals surface area contributed by atoms with E-state index in [0.717, 1.165) is 43.7 Å². The zero-order valence-electron chi connectivity index (χ0n) is 17.2. The van der Waals surface area contributed by atoms with Crippen molar-refractivity contribution in [1.82, 2.24) is 19.3 Å². The Hall–Kier alpha value is -2.30. The average molecular weight is 433 g/mol. The van der Waals surface area contributed by atoms with Gasteiger partial charge in [0.2, 0.25) is 5.95 Å². The molecule has 2 aliphatic rings. The number of piperidine rings is 1. The number of nitrogens with zero attached hydrogens (tertiary/aromatic N) is 5. The maximum absolute atomic E-state index is 13.0. The van der Waals surface area contributed by atoms with E-state index in [4.69, 9.17) is 9.72 Å². The summed E-state index contributed by atoms with van der Waals surface area (Å²) >= 11 is 0. The van der Waals surface area contributed by atoms with Crippen molar-refractivity contribution in [2.24, 2.45) is 0 Å². The molecule has 2 aromatic rings. The summed E-state index contributed by atoms with van der Waals surface area (Å²) in [4.78, 5) is 15.6. The molecule has 1 atom stereocenters. The number of rotatable bonds is 6. The van der Waals surface area contributed by atoms with Gasteiger partial charge < -0.3 is 9.64 Å². The fourth-order valence-electron chi connectivity index (χ4n) is 3.84.